The summed E-state index contributed by atoms with van der Waals surface area (Å²) >= 11 is 3.32. The van der Waals surface area contributed by atoms with Crippen LogP contribution in [0.1, 0.15) is 15.9 Å². The van der Waals surface area contributed by atoms with Crippen LogP contribution in [0.5, 0.6) is 5.75 Å². The molecule has 0 saturated heterocycles. The number of aliphatic hydroxyl groups excluding tert-OH is 1. The number of nitrogens with one attached hydrogen (secondary N) is 1. The Bertz CT molecular complexity index is 611. The second-order valence-electron chi connectivity index (χ2n) is 4.15. The summed E-state index contributed by atoms with van der Waals surface area (Å²) in [5, 5.41) is 12.0. The largest absolute Gasteiger partial charge is 0.496 e. The van der Waals surface area contributed by atoms with Gasteiger partial charge in [-0.05, 0) is 42.5 Å². The number of rotatable bonds is 4. The maximum absolute atomic E-state index is 12.1. The Labute approximate surface area is 125 Å². The van der Waals surface area contributed by atoms with Crippen molar-refractivity contribution in [3.63, 3.8) is 0 Å². The van der Waals surface area contributed by atoms with Gasteiger partial charge in [-0.25, -0.2) is 0 Å². The lowest BCUT2D eigenvalue weighted by Crippen LogP contribution is -2.12. The Balaban J connectivity index is 2.17. The Morgan fingerprint density at radius 1 is 1.25 bits per heavy atom. The zero-order chi connectivity index (χ0) is 14.5. The molecule has 20 heavy (non-hydrogen) atoms. The Hall–Kier alpha value is -1.85. The van der Waals surface area contributed by atoms with Crippen LogP contribution in [0.2, 0.25) is 0 Å². The van der Waals surface area contributed by atoms with Crippen LogP contribution in [-0.4, -0.2) is 18.1 Å². The van der Waals surface area contributed by atoms with E-state index in [1.54, 1.807) is 30.3 Å². The van der Waals surface area contributed by atoms with E-state index < -0.39 is 0 Å². The molecule has 0 aliphatic rings. The van der Waals surface area contributed by atoms with Gasteiger partial charge in [-0.15, -0.1) is 0 Å². The van der Waals surface area contributed by atoms with Crippen LogP contribution in [0.25, 0.3) is 0 Å². The van der Waals surface area contributed by atoms with E-state index in [1.807, 2.05) is 12.1 Å². The highest BCUT2D eigenvalue weighted by Gasteiger charge is 2.08. The van der Waals surface area contributed by atoms with Crippen molar-refractivity contribution >= 4 is 27.5 Å². The van der Waals surface area contributed by atoms with Crippen LogP contribution >= 0.6 is 15.9 Å². The monoisotopic (exact) mass is 335 g/mol. The highest BCUT2D eigenvalue weighted by Crippen LogP contribution is 2.23. The van der Waals surface area contributed by atoms with E-state index in [0.717, 1.165) is 4.47 Å². The van der Waals surface area contributed by atoms with Crippen LogP contribution in [0.4, 0.5) is 5.69 Å². The summed E-state index contributed by atoms with van der Waals surface area (Å²) in [5.74, 6) is 0.390. The minimum absolute atomic E-state index is 0.148. The average molecular weight is 336 g/mol. The van der Waals surface area contributed by atoms with Gasteiger partial charge in [0.1, 0.15) is 5.75 Å². The normalized spacial score (nSPS) is 10.2. The Kier molecular flexibility index (Phi) is 4.76. The summed E-state index contributed by atoms with van der Waals surface area (Å²) < 4.78 is 6.03. The third kappa shape index (κ3) is 3.37. The van der Waals surface area contributed by atoms with E-state index in [1.165, 1.54) is 7.11 Å². The van der Waals surface area contributed by atoms with Gasteiger partial charge in [-0.2, -0.15) is 0 Å². The quantitative estimate of drug-likeness (QED) is 0.901. The van der Waals surface area contributed by atoms with Crippen molar-refractivity contribution in [3.8, 4) is 5.75 Å². The van der Waals surface area contributed by atoms with Crippen molar-refractivity contribution < 1.29 is 14.6 Å². The molecule has 2 N–H and O–H groups in total. The number of aliphatic hydroxyl groups is 1. The molecule has 0 aliphatic carbocycles. The first-order chi connectivity index (χ1) is 9.63. The first-order valence-corrected chi connectivity index (χ1v) is 6.78. The summed E-state index contributed by atoms with van der Waals surface area (Å²) in [5.41, 5.74) is 1.80. The fraction of sp³-hybridized carbons (Fsp3) is 0.133. The molecule has 0 saturated carbocycles. The van der Waals surface area contributed by atoms with Crippen LogP contribution in [0.15, 0.2) is 46.9 Å². The molecule has 0 radical (unpaired) electrons. The van der Waals surface area contributed by atoms with Crippen LogP contribution in [0.3, 0.4) is 0 Å². The summed E-state index contributed by atoms with van der Waals surface area (Å²) in [4.78, 5) is 12.1. The maximum atomic E-state index is 12.1. The summed E-state index contributed by atoms with van der Waals surface area (Å²) in [6, 6.07) is 12.2. The fourth-order valence-corrected chi connectivity index (χ4v) is 2.05. The number of carbonyl (C=O) groups is 1. The molecule has 5 heteroatoms. The predicted octanol–water partition coefficient (Wildman–Crippen LogP) is 3.20. The van der Waals surface area contributed by atoms with Crippen molar-refractivity contribution in [2.24, 2.45) is 0 Å². The summed E-state index contributed by atoms with van der Waals surface area (Å²) in [6.45, 7) is -0.148. The van der Waals surface area contributed by atoms with Crippen molar-refractivity contribution in [2.75, 3.05) is 12.4 Å². The topological polar surface area (TPSA) is 58.6 Å². The van der Waals surface area contributed by atoms with Gasteiger partial charge >= 0.3 is 0 Å². The van der Waals surface area contributed by atoms with Crippen molar-refractivity contribution in [3.05, 3.63) is 58.1 Å². The molecule has 2 rings (SSSR count). The number of methoxy groups -OCH3 is 1. The number of hydrogen-bond acceptors (Lipinski definition) is 3. The van der Waals surface area contributed by atoms with E-state index in [9.17, 15) is 9.90 Å². The molecule has 4 nitrogen and oxygen atoms in total. The molecule has 2 aromatic rings. The van der Waals surface area contributed by atoms with Crippen molar-refractivity contribution in [1.29, 1.82) is 0 Å². The molecule has 0 fully saturated rings. The molecule has 0 aliphatic heterocycles. The summed E-state index contributed by atoms with van der Waals surface area (Å²) in [7, 11) is 1.54. The predicted molar refractivity (Wildman–Crippen MR) is 81.0 cm³/mol. The molecule has 0 bridgehead atoms. The molecule has 0 unspecified atom stereocenters. The van der Waals surface area contributed by atoms with E-state index in [4.69, 9.17) is 4.74 Å². The molecule has 1 amide bonds. The van der Waals surface area contributed by atoms with Gasteiger partial charge in [0.15, 0.2) is 0 Å². The molecule has 0 atom stereocenters. The minimum atomic E-state index is -0.202. The lowest BCUT2D eigenvalue weighted by molar-refractivity contribution is 0.102. The van der Waals surface area contributed by atoms with E-state index in [0.29, 0.717) is 22.6 Å². The number of amides is 1. The molecule has 104 valence electrons. The van der Waals surface area contributed by atoms with Gasteiger partial charge in [0.2, 0.25) is 0 Å². The molecule has 2 aromatic carbocycles. The number of benzene rings is 2. The highest BCUT2D eigenvalue weighted by atomic mass is 79.9. The number of halogens is 1. The number of carbonyl (C=O) groups excluding carboxylic acids is 1. The highest BCUT2D eigenvalue weighted by molar-refractivity contribution is 9.10. The minimum Gasteiger partial charge on any atom is -0.496 e. The maximum Gasteiger partial charge on any atom is 0.255 e. The standard InChI is InChI=1S/C15H14BrNO3/c1-20-14-7-6-13(8-11(14)9-18)17-15(19)10-2-4-12(16)5-3-10/h2-8,18H,9H2,1H3,(H,17,19). The smallest absolute Gasteiger partial charge is 0.255 e. The van der Waals surface area contributed by atoms with Gasteiger partial charge in [0.05, 0.1) is 13.7 Å². The number of hydrogen-bond donors (Lipinski definition) is 2. The Morgan fingerprint density at radius 3 is 2.55 bits per heavy atom. The third-order valence-electron chi connectivity index (χ3n) is 2.82. The van der Waals surface area contributed by atoms with Gasteiger partial charge < -0.3 is 15.2 Å². The summed E-state index contributed by atoms with van der Waals surface area (Å²) in [6.07, 6.45) is 0. The van der Waals surface area contributed by atoms with Gasteiger partial charge in [-0.1, -0.05) is 15.9 Å². The van der Waals surface area contributed by atoms with Gasteiger partial charge in [0, 0.05) is 21.3 Å². The zero-order valence-corrected chi connectivity index (χ0v) is 12.5. The van der Waals surface area contributed by atoms with Crippen molar-refractivity contribution in [2.45, 2.75) is 6.61 Å². The first-order valence-electron chi connectivity index (χ1n) is 5.98. The van der Waals surface area contributed by atoms with Gasteiger partial charge in [0.25, 0.3) is 5.91 Å². The second kappa shape index (κ2) is 6.54. The van der Waals surface area contributed by atoms with Gasteiger partial charge in [-0.3, -0.25) is 4.79 Å². The van der Waals surface area contributed by atoms with E-state index in [2.05, 4.69) is 21.2 Å². The Morgan fingerprint density at radius 2 is 1.95 bits per heavy atom. The lowest BCUT2D eigenvalue weighted by Gasteiger charge is -2.10. The molecule has 0 spiro atoms. The number of ether oxygens (including phenoxy) is 1. The average Bonchev–Trinajstić information content (AvgIpc) is 2.47. The first kappa shape index (κ1) is 14.6. The molecule has 0 aromatic heterocycles. The fourth-order valence-electron chi connectivity index (χ4n) is 1.78. The van der Waals surface area contributed by atoms with Crippen LogP contribution < -0.4 is 10.1 Å². The lowest BCUT2D eigenvalue weighted by atomic mass is 10.1. The zero-order valence-electron chi connectivity index (χ0n) is 10.9. The number of anilines is 1. The molecule has 0 heterocycles. The van der Waals surface area contributed by atoms with Crippen LogP contribution in [-0.2, 0) is 6.61 Å². The SMILES string of the molecule is COc1ccc(NC(=O)c2ccc(Br)cc2)cc1CO. The third-order valence-corrected chi connectivity index (χ3v) is 3.34. The second-order valence-corrected chi connectivity index (χ2v) is 5.06. The molecular weight excluding hydrogens is 322 g/mol. The van der Waals surface area contributed by atoms with E-state index >= 15 is 0 Å². The van der Waals surface area contributed by atoms with Crippen LogP contribution in [0, 0.1) is 0 Å². The van der Waals surface area contributed by atoms with Crippen molar-refractivity contribution in [1.82, 2.24) is 0 Å². The molecular formula is C15H14BrNO3. The van der Waals surface area contributed by atoms with E-state index in [-0.39, 0.29) is 12.5 Å².